The lowest BCUT2D eigenvalue weighted by atomic mass is 10.0. The van der Waals surface area contributed by atoms with Crippen molar-refractivity contribution in [1.29, 1.82) is 0 Å². The number of benzene rings is 3. The van der Waals surface area contributed by atoms with Crippen molar-refractivity contribution in [2.75, 3.05) is 5.32 Å². The lowest BCUT2D eigenvalue weighted by molar-refractivity contribution is 0.102. The summed E-state index contributed by atoms with van der Waals surface area (Å²) in [6.45, 7) is 0. The van der Waals surface area contributed by atoms with Crippen molar-refractivity contribution in [2.24, 2.45) is 0 Å². The largest absolute Gasteiger partial charge is 0.322 e. The van der Waals surface area contributed by atoms with E-state index in [1.807, 2.05) is 6.07 Å². The maximum atomic E-state index is 13.1. The number of amides is 1. The second kappa shape index (κ2) is 7.28. The Morgan fingerprint density at radius 3 is 2.04 bits per heavy atom. The van der Waals surface area contributed by atoms with E-state index in [2.05, 4.69) is 5.32 Å². The van der Waals surface area contributed by atoms with Crippen molar-refractivity contribution < 1.29 is 14.0 Å². The Labute approximate surface area is 149 Å². The Kier molecular flexibility index (Phi) is 4.91. The second-order valence-corrected chi connectivity index (χ2v) is 5.76. The summed E-state index contributed by atoms with van der Waals surface area (Å²) >= 11 is 5.69. The monoisotopic (exact) mass is 353 g/mol. The van der Waals surface area contributed by atoms with Crippen molar-refractivity contribution in [3.8, 4) is 0 Å². The molecule has 3 aromatic carbocycles. The molecule has 0 fully saturated rings. The van der Waals surface area contributed by atoms with Gasteiger partial charge in [-0.1, -0.05) is 54.1 Å². The minimum atomic E-state index is -0.552. The first-order valence-electron chi connectivity index (χ1n) is 7.51. The van der Waals surface area contributed by atoms with E-state index in [-0.39, 0.29) is 16.7 Å². The molecule has 0 aliphatic heterocycles. The number of nitrogens with one attached hydrogen (secondary N) is 1. The molecule has 0 saturated carbocycles. The fourth-order valence-corrected chi connectivity index (χ4v) is 2.49. The summed E-state index contributed by atoms with van der Waals surface area (Å²) in [5.74, 6) is -1.04. The van der Waals surface area contributed by atoms with Gasteiger partial charge in [0, 0.05) is 22.4 Å². The molecule has 5 heteroatoms. The molecule has 124 valence electrons. The summed E-state index contributed by atoms with van der Waals surface area (Å²) in [4.78, 5) is 24.6. The van der Waals surface area contributed by atoms with Gasteiger partial charge in [-0.2, -0.15) is 0 Å². The molecule has 0 aliphatic carbocycles. The van der Waals surface area contributed by atoms with Crippen molar-refractivity contribution in [1.82, 2.24) is 0 Å². The van der Waals surface area contributed by atoms with Crippen LogP contribution in [0.4, 0.5) is 10.1 Å². The molecule has 1 N–H and O–H groups in total. The van der Waals surface area contributed by atoms with Crippen LogP contribution in [0.1, 0.15) is 26.3 Å². The lowest BCUT2D eigenvalue weighted by Gasteiger charge is -2.07. The van der Waals surface area contributed by atoms with Crippen molar-refractivity contribution in [3.05, 3.63) is 100 Å². The minimum absolute atomic E-state index is 0.0680. The molecule has 3 aromatic rings. The molecule has 25 heavy (non-hydrogen) atoms. The van der Waals surface area contributed by atoms with E-state index >= 15 is 0 Å². The first-order chi connectivity index (χ1) is 12.0. The summed E-state index contributed by atoms with van der Waals surface area (Å²) in [5, 5.41) is 2.56. The van der Waals surface area contributed by atoms with Crippen LogP contribution in [-0.2, 0) is 0 Å². The predicted octanol–water partition coefficient (Wildman–Crippen LogP) is 4.96. The smallest absolute Gasteiger partial charge is 0.255 e. The maximum Gasteiger partial charge on any atom is 0.255 e. The summed E-state index contributed by atoms with van der Waals surface area (Å²) in [5.41, 5.74) is 1.85. The standard InChI is InChI=1S/C20H13ClFNO2/c21-17-12-16(10-11-18(17)22)23-20(25)15-8-6-14(7-9-15)19(24)13-4-2-1-3-5-13/h1-12H,(H,23,25). The first-order valence-corrected chi connectivity index (χ1v) is 7.88. The Morgan fingerprint density at radius 2 is 1.40 bits per heavy atom. The van der Waals surface area contributed by atoms with E-state index in [4.69, 9.17) is 11.6 Å². The third kappa shape index (κ3) is 3.92. The average molecular weight is 354 g/mol. The number of hydrogen-bond acceptors (Lipinski definition) is 2. The highest BCUT2D eigenvalue weighted by atomic mass is 35.5. The zero-order valence-corrected chi connectivity index (χ0v) is 13.8. The molecular formula is C20H13ClFNO2. The zero-order chi connectivity index (χ0) is 17.8. The van der Waals surface area contributed by atoms with Gasteiger partial charge in [-0.05, 0) is 30.3 Å². The maximum absolute atomic E-state index is 13.1. The number of ketones is 1. The van der Waals surface area contributed by atoms with Crippen LogP contribution in [0.25, 0.3) is 0 Å². The normalized spacial score (nSPS) is 10.3. The number of rotatable bonds is 4. The average Bonchev–Trinajstić information content (AvgIpc) is 2.65. The van der Waals surface area contributed by atoms with Gasteiger partial charge in [0.1, 0.15) is 5.82 Å². The minimum Gasteiger partial charge on any atom is -0.322 e. The van der Waals surface area contributed by atoms with E-state index in [0.29, 0.717) is 22.4 Å². The number of carbonyl (C=O) groups excluding carboxylic acids is 2. The highest BCUT2D eigenvalue weighted by Gasteiger charge is 2.11. The van der Waals surface area contributed by atoms with Gasteiger partial charge in [-0.3, -0.25) is 9.59 Å². The molecule has 0 atom stereocenters. The quantitative estimate of drug-likeness (QED) is 0.674. The topological polar surface area (TPSA) is 46.2 Å². The van der Waals surface area contributed by atoms with E-state index in [9.17, 15) is 14.0 Å². The van der Waals surface area contributed by atoms with Crippen LogP contribution in [0.2, 0.25) is 5.02 Å². The lowest BCUT2D eigenvalue weighted by Crippen LogP contribution is -2.12. The van der Waals surface area contributed by atoms with Crippen LogP contribution in [0.5, 0.6) is 0 Å². The fourth-order valence-electron chi connectivity index (χ4n) is 2.31. The predicted molar refractivity (Wildman–Crippen MR) is 95.7 cm³/mol. The Balaban J connectivity index is 1.74. The molecule has 0 unspecified atom stereocenters. The Bertz CT molecular complexity index is 924. The van der Waals surface area contributed by atoms with Gasteiger partial charge in [0.25, 0.3) is 5.91 Å². The van der Waals surface area contributed by atoms with Crippen molar-refractivity contribution in [3.63, 3.8) is 0 Å². The number of hydrogen-bond donors (Lipinski definition) is 1. The van der Waals surface area contributed by atoms with Crippen molar-refractivity contribution in [2.45, 2.75) is 0 Å². The van der Waals surface area contributed by atoms with E-state index in [0.717, 1.165) is 0 Å². The van der Waals surface area contributed by atoms with Crippen LogP contribution in [0.15, 0.2) is 72.8 Å². The van der Waals surface area contributed by atoms with Gasteiger partial charge in [-0.25, -0.2) is 4.39 Å². The SMILES string of the molecule is O=C(Nc1ccc(F)c(Cl)c1)c1ccc(C(=O)c2ccccc2)cc1. The van der Waals surface area contributed by atoms with E-state index < -0.39 is 5.82 Å². The van der Waals surface area contributed by atoms with Gasteiger partial charge >= 0.3 is 0 Å². The summed E-state index contributed by atoms with van der Waals surface area (Å²) in [6, 6.07) is 19.2. The molecule has 0 aromatic heterocycles. The molecule has 0 radical (unpaired) electrons. The van der Waals surface area contributed by atoms with Crippen LogP contribution in [0.3, 0.4) is 0 Å². The molecule has 3 nitrogen and oxygen atoms in total. The third-order valence-corrected chi connectivity index (χ3v) is 3.91. The fraction of sp³-hybridized carbons (Fsp3) is 0. The number of carbonyl (C=O) groups is 2. The Hall–Kier alpha value is -2.98. The molecular weight excluding hydrogens is 341 g/mol. The number of anilines is 1. The zero-order valence-electron chi connectivity index (χ0n) is 13.0. The number of halogens is 2. The van der Waals surface area contributed by atoms with Crippen LogP contribution in [-0.4, -0.2) is 11.7 Å². The van der Waals surface area contributed by atoms with Crippen molar-refractivity contribution >= 4 is 29.0 Å². The molecule has 0 saturated heterocycles. The first kappa shape index (κ1) is 16.9. The highest BCUT2D eigenvalue weighted by molar-refractivity contribution is 6.31. The Morgan fingerprint density at radius 1 is 0.800 bits per heavy atom. The molecule has 0 heterocycles. The molecule has 3 rings (SSSR count). The summed E-state index contributed by atoms with van der Waals surface area (Å²) in [7, 11) is 0. The molecule has 0 aliphatic rings. The van der Waals surface area contributed by atoms with E-state index in [1.54, 1.807) is 48.5 Å². The van der Waals surface area contributed by atoms with Gasteiger partial charge in [-0.15, -0.1) is 0 Å². The van der Waals surface area contributed by atoms with E-state index in [1.165, 1.54) is 18.2 Å². The summed E-state index contributed by atoms with van der Waals surface area (Å²) in [6.07, 6.45) is 0. The van der Waals surface area contributed by atoms with Gasteiger partial charge in [0.2, 0.25) is 0 Å². The van der Waals surface area contributed by atoms with Gasteiger partial charge in [0.05, 0.1) is 5.02 Å². The van der Waals surface area contributed by atoms with Crippen LogP contribution >= 0.6 is 11.6 Å². The summed E-state index contributed by atoms with van der Waals surface area (Å²) < 4.78 is 13.1. The van der Waals surface area contributed by atoms with Gasteiger partial charge in [0.15, 0.2) is 5.78 Å². The molecule has 1 amide bonds. The molecule has 0 spiro atoms. The highest BCUT2D eigenvalue weighted by Crippen LogP contribution is 2.20. The second-order valence-electron chi connectivity index (χ2n) is 5.36. The third-order valence-electron chi connectivity index (χ3n) is 3.62. The molecule has 0 bridgehead atoms. The van der Waals surface area contributed by atoms with Gasteiger partial charge < -0.3 is 5.32 Å². The van der Waals surface area contributed by atoms with Crippen LogP contribution in [0, 0.1) is 5.82 Å². The van der Waals surface area contributed by atoms with Crippen LogP contribution < -0.4 is 5.32 Å².